The molecule has 100 valence electrons. The molecule has 0 bridgehead atoms. The zero-order chi connectivity index (χ0) is 13.7. The van der Waals surface area contributed by atoms with Gasteiger partial charge in [0.1, 0.15) is 0 Å². The Balaban J connectivity index is 1.86. The van der Waals surface area contributed by atoms with Crippen LogP contribution in [-0.2, 0) is 11.3 Å². The van der Waals surface area contributed by atoms with Crippen molar-refractivity contribution in [2.24, 2.45) is 0 Å². The number of hydrogen-bond acceptors (Lipinski definition) is 3. The van der Waals surface area contributed by atoms with Crippen molar-refractivity contribution in [3.8, 4) is 5.75 Å². The maximum Gasteiger partial charge on any atom is 0.262 e. The molecule has 0 aliphatic carbocycles. The summed E-state index contributed by atoms with van der Waals surface area (Å²) in [4.78, 5) is 11.7. The van der Waals surface area contributed by atoms with Crippen LogP contribution in [0.2, 0.25) is 5.02 Å². The zero-order valence-electron chi connectivity index (χ0n) is 10.5. The van der Waals surface area contributed by atoms with Gasteiger partial charge in [-0.25, -0.2) is 0 Å². The summed E-state index contributed by atoms with van der Waals surface area (Å²) in [5.74, 6) is 0.300. The molecule has 5 nitrogen and oxygen atoms in total. The van der Waals surface area contributed by atoms with Crippen LogP contribution in [-0.4, -0.2) is 22.3 Å². The van der Waals surface area contributed by atoms with Crippen molar-refractivity contribution in [1.82, 2.24) is 9.78 Å². The second-order valence-electron chi connectivity index (χ2n) is 3.85. The molecular formula is C13H14ClN3O2. The van der Waals surface area contributed by atoms with Crippen LogP contribution in [0.4, 0.5) is 5.69 Å². The van der Waals surface area contributed by atoms with E-state index >= 15 is 0 Å². The average molecular weight is 280 g/mol. The Labute approximate surface area is 116 Å². The van der Waals surface area contributed by atoms with Gasteiger partial charge in [-0.05, 0) is 19.1 Å². The monoisotopic (exact) mass is 279 g/mol. The van der Waals surface area contributed by atoms with Gasteiger partial charge >= 0.3 is 0 Å². The molecule has 19 heavy (non-hydrogen) atoms. The topological polar surface area (TPSA) is 56.1 Å². The molecule has 1 aromatic heterocycles. The molecular weight excluding hydrogens is 266 g/mol. The molecule has 2 rings (SSSR count). The summed E-state index contributed by atoms with van der Waals surface area (Å²) in [6, 6.07) is 7.04. The highest BCUT2D eigenvalue weighted by Crippen LogP contribution is 2.20. The number of carbonyl (C=O) groups excluding carboxylic acids is 1. The van der Waals surface area contributed by atoms with Crippen LogP contribution in [0.5, 0.6) is 5.75 Å². The summed E-state index contributed by atoms with van der Waals surface area (Å²) in [5.41, 5.74) is 0.571. The van der Waals surface area contributed by atoms with E-state index in [4.69, 9.17) is 16.3 Å². The molecule has 0 spiro atoms. The molecule has 1 aromatic carbocycles. The van der Waals surface area contributed by atoms with E-state index in [1.165, 1.54) is 0 Å². The summed E-state index contributed by atoms with van der Waals surface area (Å²) < 4.78 is 7.05. The number of aryl methyl sites for hydroxylation is 1. The van der Waals surface area contributed by atoms with Crippen molar-refractivity contribution in [2.45, 2.75) is 13.5 Å². The number of nitrogens with one attached hydrogen (secondary N) is 1. The largest absolute Gasteiger partial charge is 0.480 e. The predicted octanol–water partition coefficient (Wildman–Crippen LogP) is 2.57. The first kappa shape index (κ1) is 13.4. The minimum absolute atomic E-state index is 0.0827. The van der Waals surface area contributed by atoms with E-state index in [1.807, 2.05) is 6.92 Å². The van der Waals surface area contributed by atoms with Crippen molar-refractivity contribution in [3.63, 3.8) is 0 Å². The number of hydrogen-bond donors (Lipinski definition) is 1. The van der Waals surface area contributed by atoms with Gasteiger partial charge in [0.05, 0.1) is 23.1 Å². The van der Waals surface area contributed by atoms with Gasteiger partial charge in [0, 0.05) is 6.54 Å². The van der Waals surface area contributed by atoms with Crippen LogP contribution in [0.3, 0.4) is 0 Å². The lowest BCUT2D eigenvalue weighted by Gasteiger charge is -2.07. The van der Waals surface area contributed by atoms with Crippen LogP contribution in [0.15, 0.2) is 36.7 Å². The first-order chi connectivity index (χ1) is 9.19. The smallest absolute Gasteiger partial charge is 0.262 e. The van der Waals surface area contributed by atoms with Gasteiger partial charge in [-0.15, -0.1) is 0 Å². The minimum Gasteiger partial charge on any atom is -0.480 e. The van der Waals surface area contributed by atoms with E-state index < -0.39 is 0 Å². The lowest BCUT2D eigenvalue weighted by Crippen LogP contribution is -2.20. The number of aromatic nitrogens is 2. The molecule has 0 aliphatic heterocycles. The number of benzene rings is 1. The number of halogens is 1. The fourth-order valence-electron chi connectivity index (χ4n) is 1.49. The maximum atomic E-state index is 11.7. The van der Waals surface area contributed by atoms with Gasteiger partial charge in [0.2, 0.25) is 0 Å². The minimum atomic E-state index is -0.266. The first-order valence-corrected chi connectivity index (χ1v) is 6.26. The number of rotatable bonds is 5. The number of amides is 1. The Bertz CT molecular complexity index is 569. The molecule has 1 heterocycles. The lowest BCUT2D eigenvalue weighted by molar-refractivity contribution is -0.118. The van der Waals surface area contributed by atoms with Gasteiger partial charge in [-0.2, -0.15) is 5.10 Å². The molecule has 0 atom stereocenters. The Morgan fingerprint density at radius 1 is 1.47 bits per heavy atom. The highest BCUT2D eigenvalue weighted by atomic mass is 35.5. The molecule has 0 saturated carbocycles. The molecule has 2 aromatic rings. The quantitative estimate of drug-likeness (QED) is 0.915. The van der Waals surface area contributed by atoms with Crippen molar-refractivity contribution < 1.29 is 9.53 Å². The molecule has 0 saturated heterocycles. The number of ether oxygens (including phenoxy) is 1. The summed E-state index contributed by atoms with van der Waals surface area (Å²) in [6.45, 7) is 2.65. The van der Waals surface area contributed by atoms with Gasteiger partial charge in [0.25, 0.3) is 5.91 Å². The fraction of sp³-hybridized carbons (Fsp3) is 0.231. The second kappa shape index (κ2) is 6.24. The first-order valence-electron chi connectivity index (χ1n) is 5.88. The zero-order valence-corrected chi connectivity index (χ0v) is 11.2. The Kier molecular flexibility index (Phi) is 4.41. The van der Waals surface area contributed by atoms with Crippen LogP contribution < -0.4 is 10.1 Å². The lowest BCUT2D eigenvalue weighted by atomic mass is 10.3. The SMILES string of the molecule is CCn1cc(OCC(=O)Nc2ccccc2Cl)cn1. The number of para-hydroxylation sites is 1. The van der Waals surface area contributed by atoms with E-state index in [1.54, 1.807) is 41.3 Å². The van der Waals surface area contributed by atoms with E-state index in [9.17, 15) is 4.79 Å². The third kappa shape index (κ3) is 3.72. The highest BCUT2D eigenvalue weighted by molar-refractivity contribution is 6.33. The number of anilines is 1. The normalized spacial score (nSPS) is 10.2. The van der Waals surface area contributed by atoms with E-state index in [0.717, 1.165) is 6.54 Å². The van der Waals surface area contributed by atoms with Crippen LogP contribution in [0.1, 0.15) is 6.92 Å². The van der Waals surface area contributed by atoms with E-state index in [2.05, 4.69) is 10.4 Å². The summed E-state index contributed by atoms with van der Waals surface area (Å²) >= 11 is 5.94. The fourth-order valence-corrected chi connectivity index (χ4v) is 1.67. The second-order valence-corrected chi connectivity index (χ2v) is 4.26. The van der Waals surface area contributed by atoms with E-state index in [-0.39, 0.29) is 12.5 Å². The highest BCUT2D eigenvalue weighted by Gasteiger charge is 2.07. The molecule has 1 N–H and O–H groups in total. The predicted molar refractivity (Wildman–Crippen MR) is 73.5 cm³/mol. The summed E-state index contributed by atoms with van der Waals surface area (Å²) in [5, 5.41) is 7.22. The summed E-state index contributed by atoms with van der Waals surface area (Å²) in [6.07, 6.45) is 3.31. The van der Waals surface area contributed by atoms with Gasteiger partial charge in [0.15, 0.2) is 12.4 Å². The van der Waals surface area contributed by atoms with Crippen molar-refractivity contribution in [3.05, 3.63) is 41.7 Å². The van der Waals surface area contributed by atoms with Crippen LogP contribution in [0.25, 0.3) is 0 Å². The standard InChI is InChI=1S/C13H14ClN3O2/c1-2-17-8-10(7-15-17)19-9-13(18)16-12-6-4-3-5-11(12)14/h3-8H,2,9H2,1H3,(H,16,18). The molecule has 0 unspecified atom stereocenters. The number of nitrogens with zero attached hydrogens (tertiary/aromatic N) is 2. The third-order valence-corrected chi connectivity index (χ3v) is 2.78. The van der Waals surface area contributed by atoms with Crippen molar-refractivity contribution in [1.29, 1.82) is 0 Å². The number of carbonyl (C=O) groups is 1. The molecule has 6 heteroatoms. The Morgan fingerprint density at radius 3 is 2.95 bits per heavy atom. The van der Waals surface area contributed by atoms with E-state index in [0.29, 0.717) is 16.5 Å². The summed E-state index contributed by atoms with van der Waals surface area (Å²) in [7, 11) is 0. The third-order valence-electron chi connectivity index (χ3n) is 2.45. The molecule has 0 aliphatic rings. The van der Waals surface area contributed by atoms with Gasteiger partial charge in [-0.1, -0.05) is 23.7 Å². The molecule has 0 radical (unpaired) electrons. The van der Waals surface area contributed by atoms with Crippen molar-refractivity contribution >= 4 is 23.2 Å². The maximum absolute atomic E-state index is 11.7. The Morgan fingerprint density at radius 2 is 2.26 bits per heavy atom. The van der Waals surface area contributed by atoms with Gasteiger partial charge in [-0.3, -0.25) is 9.48 Å². The van der Waals surface area contributed by atoms with Gasteiger partial charge < -0.3 is 10.1 Å². The van der Waals surface area contributed by atoms with Crippen LogP contribution in [0, 0.1) is 0 Å². The van der Waals surface area contributed by atoms with Crippen LogP contribution >= 0.6 is 11.6 Å². The Hall–Kier alpha value is -2.01. The average Bonchev–Trinajstić information content (AvgIpc) is 2.87. The van der Waals surface area contributed by atoms with Crippen molar-refractivity contribution in [2.75, 3.05) is 11.9 Å². The molecule has 0 fully saturated rings. The molecule has 1 amide bonds.